The summed E-state index contributed by atoms with van der Waals surface area (Å²) in [7, 11) is -4.25. The van der Waals surface area contributed by atoms with Gasteiger partial charge in [-0.15, -0.1) is 0 Å². The number of benzene rings is 1. The first-order valence-corrected chi connectivity index (χ1v) is 12.6. The zero-order chi connectivity index (χ0) is 24.6. The summed E-state index contributed by atoms with van der Waals surface area (Å²) in [5.74, 6) is 0.186. The fraction of sp³-hybridized carbons (Fsp3) is 0.429. The van der Waals surface area contributed by atoms with Gasteiger partial charge >= 0.3 is 13.9 Å². The van der Waals surface area contributed by atoms with Crippen LogP contribution >= 0.6 is 7.82 Å². The predicted octanol–water partition coefficient (Wildman–Crippen LogP) is 1.74. The van der Waals surface area contributed by atoms with Crippen LogP contribution in [-0.2, 0) is 24.8 Å². The van der Waals surface area contributed by atoms with Gasteiger partial charge in [0, 0.05) is 6.04 Å². The smallest absolute Gasteiger partial charge is 0.386 e. The Morgan fingerprint density at radius 1 is 1.29 bits per heavy atom. The van der Waals surface area contributed by atoms with E-state index < -0.39 is 38.4 Å². The molecule has 2 fully saturated rings. The van der Waals surface area contributed by atoms with Crippen LogP contribution in [0.25, 0.3) is 11.2 Å². The third kappa shape index (κ3) is 5.06. The van der Waals surface area contributed by atoms with E-state index >= 15 is 0 Å². The SMILES string of the molecule is CC(CCc1ccccc1)NC(=O)Nc1ncnc2c1ncn2[C@@H]1O[C@@H]2COP(=O)(O)O[C@H]2[C@H]1O. The zero-order valence-electron chi connectivity index (χ0n) is 18.7. The lowest BCUT2D eigenvalue weighted by Gasteiger charge is -2.27. The van der Waals surface area contributed by atoms with Crippen LogP contribution in [0.4, 0.5) is 10.6 Å². The van der Waals surface area contributed by atoms with Gasteiger partial charge in [-0.2, -0.15) is 0 Å². The highest BCUT2D eigenvalue weighted by Gasteiger charge is 2.52. The van der Waals surface area contributed by atoms with Crippen LogP contribution in [-0.4, -0.2) is 66.5 Å². The number of rotatable bonds is 6. The number of fused-ring (bicyclic) bond motifs is 2. The Balaban J connectivity index is 1.26. The molecule has 4 heterocycles. The van der Waals surface area contributed by atoms with Crippen LogP contribution in [0.2, 0.25) is 0 Å². The number of anilines is 1. The first kappa shape index (κ1) is 23.8. The largest absolute Gasteiger partial charge is 0.472 e. The number of ether oxygens (including phenoxy) is 1. The highest BCUT2D eigenvalue weighted by atomic mass is 31.2. The van der Waals surface area contributed by atoms with Gasteiger partial charge in [0.05, 0.1) is 12.9 Å². The molecule has 2 amide bonds. The maximum Gasteiger partial charge on any atom is 0.472 e. The third-order valence-electron chi connectivity index (χ3n) is 5.92. The molecule has 2 unspecified atom stereocenters. The van der Waals surface area contributed by atoms with E-state index in [1.807, 2.05) is 37.3 Å². The van der Waals surface area contributed by atoms with Crippen molar-refractivity contribution in [3.8, 4) is 0 Å². The molecule has 0 spiro atoms. The van der Waals surface area contributed by atoms with Crippen LogP contribution in [0.15, 0.2) is 43.0 Å². The van der Waals surface area contributed by atoms with Crippen molar-refractivity contribution in [1.82, 2.24) is 24.8 Å². The average Bonchev–Trinajstić information content (AvgIpc) is 3.39. The van der Waals surface area contributed by atoms with Gasteiger partial charge in [-0.25, -0.2) is 24.3 Å². The van der Waals surface area contributed by atoms with Crippen molar-refractivity contribution < 1.29 is 33.1 Å². The number of hydrogen-bond donors (Lipinski definition) is 4. The van der Waals surface area contributed by atoms with E-state index in [0.29, 0.717) is 5.65 Å². The number of phosphoric acid groups is 1. The summed E-state index contributed by atoms with van der Waals surface area (Å²) in [5.41, 5.74) is 1.78. The molecule has 1 aromatic carbocycles. The van der Waals surface area contributed by atoms with Crippen molar-refractivity contribution in [3.63, 3.8) is 0 Å². The lowest BCUT2D eigenvalue weighted by atomic mass is 10.1. The van der Waals surface area contributed by atoms with Crippen molar-refractivity contribution in [1.29, 1.82) is 0 Å². The van der Waals surface area contributed by atoms with E-state index in [1.54, 1.807) is 0 Å². The highest BCUT2D eigenvalue weighted by molar-refractivity contribution is 7.47. The molecule has 0 saturated carbocycles. The summed E-state index contributed by atoms with van der Waals surface area (Å²) in [6.07, 6.45) is 0.163. The van der Waals surface area contributed by atoms with E-state index in [1.165, 1.54) is 22.8 Å². The Morgan fingerprint density at radius 2 is 2.09 bits per heavy atom. The molecule has 2 aliphatic heterocycles. The fourth-order valence-electron chi connectivity index (χ4n) is 4.16. The molecule has 0 radical (unpaired) electrons. The Bertz CT molecular complexity index is 1260. The van der Waals surface area contributed by atoms with Crippen molar-refractivity contribution in [2.75, 3.05) is 11.9 Å². The minimum absolute atomic E-state index is 0.0832. The van der Waals surface area contributed by atoms with E-state index in [0.717, 1.165) is 12.8 Å². The molecular weight excluding hydrogens is 479 g/mol. The molecule has 2 aromatic heterocycles. The summed E-state index contributed by atoms with van der Waals surface area (Å²) >= 11 is 0. The second-order valence-corrected chi connectivity index (χ2v) is 9.87. The van der Waals surface area contributed by atoms with Gasteiger partial charge in [-0.3, -0.25) is 18.9 Å². The third-order valence-corrected chi connectivity index (χ3v) is 6.90. The Kier molecular flexibility index (Phi) is 6.53. The number of urea groups is 1. The molecule has 6 atom stereocenters. The molecule has 35 heavy (non-hydrogen) atoms. The number of aromatic nitrogens is 4. The van der Waals surface area contributed by atoms with Crippen LogP contribution in [0.5, 0.6) is 0 Å². The Labute approximate surface area is 200 Å². The quantitative estimate of drug-likeness (QED) is 0.363. The van der Waals surface area contributed by atoms with Gasteiger partial charge in [-0.1, -0.05) is 30.3 Å². The molecule has 2 aliphatic rings. The van der Waals surface area contributed by atoms with Crippen LogP contribution in [0.3, 0.4) is 0 Å². The van der Waals surface area contributed by atoms with E-state index in [-0.39, 0.29) is 24.0 Å². The lowest BCUT2D eigenvalue weighted by Crippen LogP contribution is -2.39. The molecule has 3 aromatic rings. The van der Waals surface area contributed by atoms with E-state index in [9.17, 15) is 19.4 Å². The van der Waals surface area contributed by atoms with Gasteiger partial charge in [0.25, 0.3) is 0 Å². The van der Waals surface area contributed by atoms with Gasteiger partial charge < -0.3 is 20.1 Å². The second-order valence-electron chi connectivity index (χ2n) is 8.46. The van der Waals surface area contributed by atoms with Crippen LogP contribution in [0.1, 0.15) is 25.1 Å². The van der Waals surface area contributed by atoms with Crippen molar-refractivity contribution >= 4 is 30.8 Å². The van der Waals surface area contributed by atoms with Crippen LogP contribution < -0.4 is 10.6 Å². The number of carbonyl (C=O) groups excluding carboxylic acids is 1. The van der Waals surface area contributed by atoms with E-state index in [2.05, 4.69) is 25.6 Å². The molecular formula is C21H25N6O7P. The predicted molar refractivity (Wildman–Crippen MR) is 122 cm³/mol. The first-order valence-electron chi connectivity index (χ1n) is 11.1. The standard InChI is InChI=1S/C21H25N6O7P/c1-12(7-8-13-5-3-2-4-6-13)25-21(29)26-18-15-19(23-10-22-18)27(11-24-15)20-16(28)17-14(33-20)9-32-35(30,31)34-17/h2-6,10-12,14,16-17,20,28H,7-9H2,1H3,(H,30,31)(H2,22,23,25,26,29)/t12?,14-,16-,17-,20-/m1/s1. The molecule has 2 saturated heterocycles. The minimum atomic E-state index is -4.25. The van der Waals surface area contributed by atoms with E-state index in [4.69, 9.17) is 13.8 Å². The number of phosphoric ester groups is 1. The number of aliphatic hydroxyl groups is 1. The number of amides is 2. The van der Waals surface area contributed by atoms with Gasteiger partial charge in [0.2, 0.25) is 0 Å². The molecule has 13 nitrogen and oxygen atoms in total. The number of imidazole rings is 1. The molecule has 0 aliphatic carbocycles. The van der Waals surface area contributed by atoms with Gasteiger partial charge in [0.1, 0.15) is 24.6 Å². The number of hydrogen-bond acceptors (Lipinski definition) is 9. The molecule has 4 N–H and O–H groups in total. The van der Waals surface area contributed by atoms with Crippen molar-refractivity contribution in [2.24, 2.45) is 0 Å². The number of nitrogens with zero attached hydrogens (tertiary/aromatic N) is 4. The van der Waals surface area contributed by atoms with Crippen LogP contribution in [0, 0.1) is 0 Å². The number of nitrogens with one attached hydrogen (secondary N) is 2. The zero-order valence-corrected chi connectivity index (χ0v) is 19.6. The summed E-state index contributed by atoms with van der Waals surface area (Å²) in [6, 6.07) is 9.49. The van der Waals surface area contributed by atoms with Crippen molar-refractivity contribution in [3.05, 3.63) is 48.5 Å². The minimum Gasteiger partial charge on any atom is -0.386 e. The highest BCUT2D eigenvalue weighted by Crippen LogP contribution is 2.52. The number of aliphatic hydroxyl groups excluding tert-OH is 1. The maximum atomic E-state index is 12.6. The lowest BCUT2D eigenvalue weighted by molar-refractivity contribution is -0.0664. The Hall–Kier alpha value is -2.93. The Morgan fingerprint density at radius 3 is 2.89 bits per heavy atom. The average molecular weight is 504 g/mol. The molecule has 5 rings (SSSR count). The van der Waals surface area contributed by atoms with Gasteiger partial charge in [0.15, 0.2) is 23.2 Å². The number of carbonyl (C=O) groups is 1. The second kappa shape index (κ2) is 9.61. The summed E-state index contributed by atoms with van der Waals surface area (Å²) in [6.45, 7) is 1.71. The summed E-state index contributed by atoms with van der Waals surface area (Å²) < 4.78 is 28.7. The van der Waals surface area contributed by atoms with Gasteiger partial charge in [-0.05, 0) is 25.3 Å². The summed E-state index contributed by atoms with van der Waals surface area (Å²) in [4.78, 5) is 34.7. The first-order chi connectivity index (χ1) is 16.8. The molecule has 14 heteroatoms. The number of aryl methyl sites for hydroxylation is 1. The molecule has 0 bridgehead atoms. The monoisotopic (exact) mass is 504 g/mol. The molecule has 186 valence electrons. The normalized spacial score (nSPS) is 29.0. The maximum absolute atomic E-state index is 12.6. The topological polar surface area (TPSA) is 170 Å². The fourth-order valence-corrected chi connectivity index (χ4v) is 5.13. The summed E-state index contributed by atoms with van der Waals surface area (Å²) in [5, 5.41) is 16.3. The van der Waals surface area contributed by atoms with Crippen molar-refractivity contribution in [2.45, 2.75) is 50.3 Å².